The molecule has 42 heavy (non-hydrogen) atoms. The Morgan fingerprint density at radius 2 is 1.17 bits per heavy atom. The van der Waals surface area contributed by atoms with Gasteiger partial charge in [-0.05, 0) is 71.1 Å². The second-order valence-electron chi connectivity index (χ2n) is 13.2. The zero-order chi connectivity index (χ0) is 31.1. The highest BCUT2D eigenvalue weighted by atomic mass is 28.4. The molecular weight excluding hydrogens is 531 g/mol. The molecule has 0 aliphatic carbocycles. The van der Waals surface area contributed by atoms with Gasteiger partial charge in [0.2, 0.25) is 0 Å². The molecule has 5 nitrogen and oxygen atoms in total. The Morgan fingerprint density at radius 1 is 0.738 bits per heavy atom. The van der Waals surface area contributed by atoms with E-state index in [0.29, 0.717) is 23.7 Å². The molecule has 0 fully saturated rings. The summed E-state index contributed by atoms with van der Waals surface area (Å²) < 4.78 is 4.89. The van der Waals surface area contributed by atoms with Crippen molar-refractivity contribution in [3.8, 4) is 0 Å². The van der Waals surface area contributed by atoms with Crippen LogP contribution in [0.2, 0.25) is 0 Å². The Kier molecular flexibility index (Phi) is 9.10. The largest absolute Gasteiger partial charge is 0.406 e. The minimum absolute atomic E-state index is 0.306. The molecule has 3 aromatic rings. The number of para-hydroxylation sites is 2. The topological polar surface area (TPSA) is 48.6 Å². The molecule has 1 aliphatic heterocycles. The number of nitrogens with zero attached hydrogens (tertiary/aromatic N) is 4. The van der Waals surface area contributed by atoms with Crippen LogP contribution in [-0.4, -0.2) is 27.6 Å². The number of benzene rings is 2. The fourth-order valence-electron chi connectivity index (χ4n) is 6.29. The van der Waals surface area contributed by atoms with Crippen molar-refractivity contribution in [3.63, 3.8) is 0 Å². The summed E-state index contributed by atoms with van der Waals surface area (Å²) in [7, 11) is 0.735. The summed E-state index contributed by atoms with van der Waals surface area (Å²) in [6.07, 6.45) is 4.13. The molecule has 4 rings (SSSR count). The molecule has 0 saturated carbocycles. The van der Waals surface area contributed by atoms with E-state index in [9.17, 15) is 0 Å². The van der Waals surface area contributed by atoms with Crippen LogP contribution in [0.25, 0.3) is 0 Å². The van der Waals surface area contributed by atoms with Gasteiger partial charge in [0, 0.05) is 48.7 Å². The van der Waals surface area contributed by atoms with Gasteiger partial charge < -0.3 is 19.4 Å². The van der Waals surface area contributed by atoms with Crippen LogP contribution in [0, 0.1) is 0 Å². The van der Waals surface area contributed by atoms with Gasteiger partial charge in [0.15, 0.2) is 0 Å². The van der Waals surface area contributed by atoms with Crippen LogP contribution < -0.4 is 24.7 Å². The van der Waals surface area contributed by atoms with E-state index < -0.39 is 8.56 Å². The molecule has 0 bridgehead atoms. The van der Waals surface area contributed by atoms with Crippen molar-refractivity contribution in [1.29, 1.82) is 0 Å². The number of nitrogens with two attached hydrogens (primary N) is 1. The number of aromatic nitrogens is 1. The van der Waals surface area contributed by atoms with Gasteiger partial charge in [-0.2, -0.15) is 0 Å². The van der Waals surface area contributed by atoms with Gasteiger partial charge in [-0.25, -0.2) is 0 Å². The average Bonchev–Trinajstić information content (AvgIpc) is 2.92. The van der Waals surface area contributed by atoms with Gasteiger partial charge >= 0.3 is 8.56 Å². The van der Waals surface area contributed by atoms with E-state index in [1.165, 1.54) is 33.6 Å². The van der Waals surface area contributed by atoms with E-state index in [4.69, 9.17) is 10.4 Å². The Bertz CT molecular complexity index is 1430. The van der Waals surface area contributed by atoms with Gasteiger partial charge in [-0.3, -0.25) is 4.98 Å². The van der Waals surface area contributed by atoms with Crippen molar-refractivity contribution in [3.05, 3.63) is 101 Å². The number of hydrogen-bond donors (Lipinski definition) is 1. The highest BCUT2D eigenvalue weighted by Gasteiger charge is 2.54. The van der Waals surface area contributed by atoms with Crippen LogP contribution >= 0.6 is 0 Å². The quantitative estimate of drug-likeness (QED) is 0.272. The zero-order valence-corrected chi connectivity index (χ0v) is 28.7. The van der Waals surface area contributed by atoms with Gasteiger partial charge in [0.05, 0.1) is 5.32 Å². The number of hydrogen-bond acceptors (Lipinski definition) is 5. The molecule has 1 atom stereocenters. The van der Waals surface area contributed by atoms with Crippen molar-refractivity contribution in [1.82, 2.24) is 4.98 Å². The van der Waals surface area contributed by atoms with Crippen LogP contribution in [0.15, 0.2) is 78.8 Å². The van der Waals surface area contributed by atoms with E-state index in [1.54, 1.807) is 0 Å². The fourth-order valence-corrected chi connectivity index (χ4v) is 9.87. The van der Waals surface area contributed by atoms with Gasteiger partial charge in [0.1, 0.15) is 0 Å². The Morgan fingerprint density at radius 3 is 1.57 bits per heavy atom. The Hall–Kier alpha value is -3.35. The van der Waals surface area contributed by atoms with Crippen LogP contribution in [0.1, 0.15) is 108 Å². The Balaban J connectivity index is 2.22. The second kappa shape index (κ2) is 12.1. The third-order valence-electron chi connectivity index (χ3n) is 8.47. The van der Waals surface area contributed by atoms with E-state index in [-0.39, 0.29) is 0 Å². The summed E-state index contributed by atoms with van der Waals surface area (Å²) in [5, 5.41) is 9.07. The predicted molar refractivity (Wildman–Crippen MR) is 185 cm³/mol. The number of anilines is 3. The molecule has 0 spiro atoms. The van der Waals surface area contributed by atoms with Crippen LogP contribution in [0.3, 0.4) is 0 Å². The van der Waals surface area contributed by atoms with Crippen molar-refractivity contribution in [2.24, 2.45) is 5.40 Å². The van der Waals surface area contributed by atoms with E-state index in [2.05, 4.69) is 152 Å². The molecule has 2 N–H and O–H groups in total. The molecule has 6 heteroatoms. The molecule has 2 heterocycles. The highest BCUT2D eigenvalue weighted by molar-refractivity contribution is 6.96. The summed E-state index contributed by atoms with van der Waals surface area (Å²) in [5.74, 6) is 1.25. The molecule has 0 unspecified atom stereocenters. The third-order valence-corrected chi connectivity index (χ3v) is 11.9. The van der Waals surface area contributed by atoms with Crippen LogP contribution in [0.5, 0.6) is 0 Å². The molecular formula is C36H51N5Si. The molecule has 0 amide bonds. The monoisotopic (exact) mass is 581 g/mol. The summed E-state index contributed by atoms with van der Waals surface area (Å²) in [5.41, 5.74) is 10.7. The lowest BCUT2D eigenvalue weighted by Crippen LogP contribution is -2.81. The van der Waals surface area contributed by atoms with Crippen molar-refractivity contribution in [2.45, 2.75) is 86.0 Å². The average molecular weight is 582 g/mol. The first-order chi connectivity index (χ1) is 19.7. The molecule has 0 radical (unpaired) electrons. The Labute approximate surface area is 256 Å². The smallest absolute Gasteiger partial charge is 0.378 e. The number of allylic oxidation sites excluding steroid dienone is 2. The normalized spacial score (nSPS) is 17.6. The molecule has 1 aliphatic rings. The van der Waals surface area contributed by atoms with Crippen molar-refractivity contribution >= 4 is 30.9 Å². The lowest BCUT2D eigenvalue weighted by Gasteiger charge is -2.53. The first-order valence-corrected chi connectivity index (χ1v) is 17.3. The van der Waals surface area contributed by atoms with E-state index in [1.807, 2.05) is 6.20 Å². The predicted octanol–water partition coefficient (Wildman–Crippen LogP) is 8.19. The second-order valence-corrected chi connectivity index (χ2v) is 16.0. The maximum absolute atomic E-state index is 8.17. The van der Waals surface area contributed by atoms with Gasteiger partial charge in [0.25, 0.3) is 0 Å². The first kappa shape index (κ1) is 31.6. The molecule has 1 aromatic heterocycles. The minimum Gasteiger partial charge on any atom is -0.378 e. The maximum atomic E-state index is 8.17. The fraction of sp³-hybridized carbons (Fsp3) is 0.417. The lowest BCUT2D eigenvalue weighted by molar-refractivity contribution is 0.820. The van der Waals surface area contributed by atoms with Gasteiger partial charge in [-0.15, -0.1) is 0 Å². The zero-order valence-electron chi connectivity index (χ0n) is 27.7. The van der Waals surface area contributed by atoms with Crippen molar-refractivity contribution in [2.75, 3.05) is 28.1 Å². The standard InChI is InChI=1S/C36H51N5Si/c1-23(2)30-15-13-16-31(24(3)4)35(30)40-27(9)21-28(10)41(36-32(25(5)6)17-14-18-33(36)26(7)8)42(40,37)34-22-29(39(11)12)19-20-38-34/h13-26H,9,37H2,1-8,10-12H3/t42-/m1/s1. The van der Waals surface area contributed by atoms with Gasteiger partial charge in [-0.1, -0.05) is 98.4 Å². The summed E-state index contributed by atoms with van der Waals surface area (Å²) >= 11 is 0. The minimum atomic E-state index is -3.40. The molecule has 224 valence electrons. The van der Waals surface area contributed by atoms with E-state index in [0.717, 1.165) is 22.4 Å². The summed E-state index contributed by atoms with van der Waals surface area (Å²) in [4.78, 5) is 7.22. The molecule has 2 aromatic carbocycles. The lowest BCUT2D eigenvalue weighted by atomic mass is 9.92. The van der Waals surface area contributed by atoms with Crippen molar-refractivity contribution < 1.29 is 0 Å². The summed E-state index contributed by atoms with van der Waals surface area (Å²) in [6.45, 7) is 25.0. The van der Waals surface area contributed by atoms with Crippen LogP contribution in [0.4, 0.5) is 17.1 Å². The maximum Gasteiger partial charge on any atom is 0.406 e. The SMILES string of the molecule is C=C1C=C(C)N(c2c(C(C)C)cccc2C(C)C)[Si@@](N)(c2cc(N(C)C)ccn2)N1c1c(C(C)C)cccc1C(C)C. The first-order valence-electron chi connectivity index (χ1n) is 15.4. The third kappa shape index (κ3) is 5.43. The molecule has 0 saturated heterocycles. The van der Waals surface area contributed by atoms with Crippen LogP contribution in [-0.2, 0) is 0 Å². The van der Waals surface area contributed by atoms with E-state index >= 15 is 0 Å². The number of rotatable bonds is 8. The number of pyridine rings is 1. The summed E-state index contributed by atoms with van der Waals surface area (Å²) in [6, 6.07) is 17.7. The highest BCUT2D eigenvalue weighted by Crippen LogP contribution is 2.46.